The van der Waals surface area contributed by atoms with Crippen LogP contribution < -0.4 is 10.6 Å². The predicted molar refractivity (Wildman–Crippen MR) is 41.8 cm³/mol. The molecule has 1 aliphatic heterocycles. The Bertz CT molecular complexity index is 242. The number of hydrogen-bond donors (Lipinski definition) is 2. The van der Waals surface area contributed by atoms with Gasteiger partial charge in [-0.2, -0.15) is 0 Å². The minimum Gasteiger partial charge on any atom is -0.327 e. The van der Waals surface area contributed by atoms with Gasteiger partial charge < -0.3 is 5.32 Å². The Morgan fingerprint density at radius 2 is 2.45 bits per heavy atom. The van der Waals surface area contributed by atoms with Crippen LogP contribution in [0.4, 0.5) is 0 Å². The van der Waals surface area contributed by atoms with E-state index in [1.807, 2.05) is 12.2 Å². The number of amides is 1. The van der Waals surface area contributed by atoms with Crippen LogP contribution in [0.2, 0.25) is 0 Å². The highest BCUT2D eigenvalue weighted by atomic mass is 16.2. The molecule has 11 heavy (non-hydrogen) atoms. The van der Waals surface area contributed by atoms with Gasteiger partial charge in [0.1, 0.15) is 0 Å². The summed E-state index contributed by atoms with van der Waals surface area (Å²) < 4.78 is 0. The molecule has 0 aromatic carbocycles. The fourth-order valence-electron chi connectivity index (χ4n) is 1.37. The molecule has 1 unspecified atom stereocenters. The fraction of sp³-hybridized carbons (Fsp3) is 0.375. The van der Waals surface area contributed by atoms with Crippen LogP contribution in [0.1, 0.15) is 6.42 Å². The molecule has 2 aliphatic rings. The number of piperazine rings is 1. The van der Waals surface area contributed by atoms with Gasteiger partial charge in [0, 0.05) is 5.70 Å². The van der Waals surface area contributed by atoms with Gasteiger partial charge in [0.15, 0.2) is 0 Å². The number of rotatable bonds is 0. The molecule has 1 saturated heterocycles. The summed E-state index contributed by atoms with van der Waals surface area (Å²) in [5.41, 5.74) is 1.00. The molecular weight excluding hydrogens is 140 g/mol. The fourth-order valence-corrected chi connectivity index (χ4v) is 1.37. The summed E-state index contributed by atoms with van der Waals surface area (Å²) in [6.07, 6.45) is 6.99. The molecule has 2 N–H and O–H groups in total. The number of fused-ring (bicyclic) bond motifs is 1. The van der Waals surface area contributed by atoms with E-state index in [9.17, 15) is 4.79 Å². The second kappa shape index (κ2) is 2.51. The lowest BCUT2D eigenvalue weighted by molar-refractivity contribution is -0.120. The van der Waals surface area contributed by atoms with E-state index in [0.29, 0.717) is 12.6 Å². The van der Waals surface area contributed by atoms with Crippen molar-refractivity contribution in [2.45, 2.75) is 12.5 Å². The van der Waals surface area contributed by atoms with Crippen molar-refractivity contribution >= 4 is 5.91 Å². The number of carbonyl (C=O) groups excluding carboxylic acids is 1. The van der Waals surface area contributed by atoms with Crippen molar-refractivity contribution in [1.29, 1.82) is 0 Å². The third-order valence-electron chi connectivity index (χ3n) is 1.95. The first kappa shape index (κ1) is 6.61. The molecule has 3 nitrogen and oxygen atoms in total. The van der Waals surface area contributed by atoms with Crippen LogP contribution in [0, 0.1) is 0 Å². The summed E-state index contributed by atoms with van der Waals surface area (Å²) in [6.45, 7) is 0.440. The van der Waals surface area contributed by atoms with E-state index in [1.165, 1.54) is 0 Å². The summed E-state index contributed by atoms with van der Waals surface area (Å²) >= 11 is 0. The maximum atomic E-state index is 10.9. The Kier molecular flexibility index (Phi) is 1.51. The lowest BCUT2D eigenvalue weighted by Crippen LogP contribution is -2.50. The molecule has 1 aliphatic carbocycles. The van der Waals surface area contributed by atoms with Crippen molar-refractivity contribution < 1.29 is 4.79 Å². The van der Waals surface area contributed by atoms with Gasteiger partial charge in [0.2, 0.25) is 5.91 Å². The van der Waals surface area contributed by atoms with E-state index in [1.54, 1.807) is 0 Å². The van der Waals surface area contributed by atoms with Gasteiger partial charge in [0.05, 0.1) is 12.6 Å². The number of hydrogen-bond acceptors (Lipinski definition) is 2. The van der Waals surface area contributed by atoms with Crippen molar-refractivity contribution in [3.8, 4) is 0 Å². The predicted octanol–water partition coefficient (Wildman–Crippen LogP) is -0.0818. The molecule has 1 fully saturated rings. The largest absolute Gasteiger partial charge is 0.327 e. The van der Waals surface area contributed by atoms with E-state index in [-0.39, 0.29) is 5.91 Å². The van der Waals surface area contributed by atoms with Crippen LogP contribution in [0.15, 0.2) is 23.9 Å². The normalized spacial score (nSPS) is 28.9. The van der Waals surface area contributed by atoms with E-state index in [0.717, 1.165) is 12.1 Å². The van der Waals surface area contributed by atoms with Crippen LogP contribution in [0.25, 0.3) is 0 Å². The quantitative estimate of drug-likeness (QED) is 0.507. The molecular formula is C8H10N2O. The Labute approximate surface area is 65.2 Å². The molecule has 0 aromatic rings. The molecule has 0 saturated carbocycles. The van der Waals surface area contributed by atoms with E-state index >= 15 is 0 Å². The average Bonchev–Trinajstić information content (AvgIpc) is 2.04. The Balaban J connectivity index is 2.18. The molecule has 0 spiro atoms. The van der Waals surface area contributed by atoms with Crippen LogP contribution >= 0.6 is 0 Å². The third kappa shape index (κ3) is 1.19. The minimum absolute atomic E-state index is 0.0581. The van der Waals surface area contributed by atoms with Crippen molar-refractivity contribution in [3.05, 3.63) is 23.9 Å². The highest BCUT2D eigenvalue weighted by molar-refractivity contribution is 5.81. The summed E-state index contributed by atoms with van der Waals surface area (Å²) in [6, 6.07) is 0.331. The van der Waals surface area contributed by atoms with Gasteiger partial charge in [-0.05, 0) is 12.5 Å². The highest BCUT2D eigenvalue weighted by Crippen LogP contribution is 2.12. The lowest BCUT2D eigenvalue weighted by Gasteiger charge is -2.27. The first-order valence-electron chi connectivity index (χ1n) is 3.76. The van der Waals surface area contributed by atoms with Gasteiger partial charge in [-0.1, -0.05) is 12.2 Å². The van der Waals surface area contributed by atoms with Gasteiger partial charge in [-0.3, -0.25) is 10.1 Å². The first-order chi connectivity index (χ1) is 5.36. The third-order valence-corrected chi connectivity index (χ3v) is 1.95. The van der Waals surface area contributed by atoms with Gasteiger partial charge in [-0.25, -0.2) is 0 Å². The van der Waals surface area contributed by atoms with Gasteiger partial charge in [-0.15, -0.1) is 0 Å². The first-order valence-corrected chi connectivity index (χ1v) is 3.76. The molecule has 1 atom stereocenters. The van der Waals surface area contributed by atoms with Gasteiger partial charge >= 0.3 is 0 Å². The maximum absolute atomic E-state index is 10.9. The lowest BCUT2D eigenvalue weighted by atomic mass is 10.0. The number of carbonyl (C=O) groups is 1. The maximum Gasteiger partial charge on any atom is 0.238 e. The zero-order chi connectivity index (χ0) is 7.68. The van der Waals surface area contributed by atoms with Crippen LogP contribution in [0.3, 0.4) is 0 Å². The molecule has 0 aromatic heterocycles. The molecule has 0 radical (unpaired) electrons. The van der Waals surface area contributed by atoms with Crippen LogP contribution in [-0.4, -0.2) is 18.5 Å². The van der Waals surface area contributed by atoms with Crippen LogP contribution in [0.5, 0.6) is 0 Å². The Hall–Kier alpha value is -1.09. The molecule has 1 heterocycles. The number of nitrogens with one attached hydrogen (secondary N) is 2. The molecule has 2 rings (SSSR count). The smallest absolute Gasteiger partial charge is 0.238 e. The number of allylic oxidation sites excluding steroid dienone is 2. The second-order valence-corrected chi connectivity index (χ2v) is 2.77. The summed E-state index contributed by atoms with van der Waals surface area (Å²) in [4.78, 5) is 10.9. The summed E-state index contributed by atoms with van der Waals surface area (Å²) in [5.74, 6) is 0.0581. The van der Waals surface area contributed by atoms with Crippen LogP contribution in [-0.2, 0) is 4.79 Å². The van der Waals surface area contributed by atoms with E-state index < -0.39 is 0 Å². The SMILES string of the molecule is O=C1CNC2CC=CC=C2N1. The zero-order valence-electron chi connectivity index (χ0n) is 6.13. The Morgan fingerprint density at radius 3 is 3.36 bits per heavy atom. The van der Waals surface area contributed by atoms with Crippen molar-refractivity contribution in [3.63, 3.8) is 0 Å². The monoisotopic (exact) mass is 150 g/mol. The van der Waals surface area contributed by atoms with Crippen molar-refractivity contribution in [1.82, 2.24) is 10.6 Å². The average molecular weight is 150 g/mol. The Morgan fingerprint density at radius 1 is 1.55 bits per heavy atom. The topological polar surface area (TPSA) is 41.1 Å². The summed E-state index contributed by atoms with van der Waals surface area (Å²) in [7, 11) is 0. The highest BCUT2D eigenvalue weighted by Gasteiger charge is 2.21. The molecule has 1 amide bonds. The van der Waals surface area contributed by atoms with Gasteiger partial charge in [0.25, 0.3) is 0 Å². The van der Waals surface area contributed by atoms with Crippen molar-refractivity contribution in [2.24, 2.45) is 0 Å². The minimum atomic E-state index is 0.0581. The molecule has 58 valence electrons. The zero-order valence-corrected chi connectivity index (χ0v) is 6.13. The molecule has 3 heteroatoms. The molecule has 0 bridgehead atoms. The second-order valence-electron chi connectivity index (χ2n) is 2.77. The van der Waals surface area contributed by atoms with E-state index in [4.69, 9.17) is 0 Å². The van der Waals surface area contributed by atoms with E-state index in [2.05, 4.69) is 16.7 Å². The standard InChI is InChI=1S/C8H10N2O/c11-8-5-9-6-3-1-2-4-7(6)10-8/h1-2,4,6,9H,3,5H2,(H,10,11). The van der Waals surface area contributed by atoms with Crippen molar-refractivity contribution in [2.75, 3.05) is 6.54 Å². The summed E-state index contributed by atoms with van der Waals surface area (Å²) in [5, 5.41) is 5.97.